The average Bonchev–Trinajstić information content (AvgIpc) is 2.48. The van der Waals surface area contributed by atoms with Crippen LogP contribution in [0.2, 0.25) is 0 Å². The number of carbonyl (C=O) groups is 1. The third-order valence-corrected chi connectivity index (χ3v) is 3.81. The van der Waals surface area contributed by atoms with Gasteiger partial charge in [-0.1, -0.05) is 36.0 Å². The van der Waals surface area contributed by atoms with Gasteiger partial charge < -0.3 is 9.94 Å². The number of carbonyl (C=O) groups excluding carboxylic acids is 1. The van der Waals surface area contributed by atoms with Gasteiger partial charge in [-0.25, -0.2) is 5.06 Å². The molecule has 1 aromatic carbocycles. The van der Waals surface area contributed by atoms with Crippen LogP contribution in [0.4, 0.5) is 0 Å². The molecule has 2 rings (SSSR count). The number of amides is 1. The highest BCUT2D eigenvalue weighted by molar-refractivity contribution is 8.16. The number of hydrogen-bond acceptors (Lipinski definition) is 6. The molecule has 1 saturated heterocycles. The summed E-state index contributed by atoms with van der Waals surface area (Å²) in [6.45, 7) is 2.66. The molecule has 1 aliphatic rings. The van der Waals surface area contributed by atoms with Crippen molar-refractivity contribution < 1.29 is 19.6 Å². The Balaban J connectivity index is 1.96. The van der Waals surface area contributed by atoms with E-state index in [2.05, 4.69) is 5.16 Å². The van der Waals surface area contributed by atoms with Crippen LogP contribution in [0.15, 0.2) is 29.4 Å². The Morgan fingerprint density at radius 2 is 2.15 bits per heavy atom. The van der Waals surface area contributed by atoms with Crippen molar-refractivity contribution in [2.45, 2.75) is 18.8 Å². The fourth-order valence-corrected chi connectivity index (χ4v) is 2.59. The molecule has 1 N–H and O–H groups in total. The lowest BCUT2D eigenvalue weighted by Crippen LogP contribution is -2.44. The monoisotopic (exact) mass is 296 g/mol. The predicted octanol–water partition coefficient (Wildman–Crippen LogP) is 1.88. The van der Waals surface area contributed by atoms with Crippen molar-refractivity contribution in [2.75, 3.05) is 13.7 Å². The van der Waals surface area contributed by atoms with Crippen LogP contribution in [0, 0.1) is 0 Å². The van der Waals surface area contributed by atoms with Crippen LogP contribution in [0.25, 0.3) is 0 Å². The molecule has 1 atom stereocenters. The molecule has 0 aromatic heterocycles. The van der Waals surface area contributed by atoms with E-state index in [0.29, 0.717) is 6.54 Å². The maximum absolute atomic E-state index is 11.9. The summed E-state index contributed by atoms with van der Waals surface area (Å²) in [5.74, 6) is 0.353. The van der Waals surface area contributed by atoms with E-state index in [9.17, 15) is 4.79 Å². The van der Waals surface area contributed by atoms with E-state index in [0.717, 1.165) is 11.3 Å². The summed E-state index contributed by atoms with van der Waals surface area (Å²) in [4.78, 5) is 17.4. The minimum atomic E-state index is -0.413. The summed E-state index contributed by atoms with van der Waals surface area (Å²) in [6, 6.07) is 7.39. The second-order valence-electron chi connectivity index (χ2n) is 4.32. The Morgan fingerprint density at radius 3 is 2.75 bits per heavy atom. The molecule has 1 aliphatic heterocycles. The van der Waals surface area contributed by atoms with E-state index >= 15 is 0 Å². The minimum Gasteiger partial charge on any atom is -0.497 e. The summed E-state index contributed by atoms with van der Waals surface area (Å²) in [7, 11) is 1.60. The first kappa shape index (κ1) is 14.7. The molecule has 108 valence electrons. The van der Waals surface area contributed by atoms with Gasteiger partial charge in [-0.05, 0) is 17.7 Å². The molecule has 0 bridgehead atoms. The van der Waals surface area contributed by atoms with E-state index in [1.54, 1.807) is 7.11 Å². The summed E-state index contributed by atoms with van der Waals surface area (Å²) >= 11 is 1.24. The van der Waals surface area contributed by atoms with Crippen LogP contribution in [0.1, 0.15) is 12.5 Å². The number of hydroxylamine groups is 2. The van der Waals surface area contributed by atoms with Crippen molar-refractivity contribution in [3.8, 4) is 5.75 Å². The quantitative estimate of drug-likeness (QED) is 0.678. The number of nitrogens with zero attached hydrogens (tertiary/aromatic N) is 2. The zero-order valence-corrected chi connectivity index (χ0v) is 12.1. The number of benzene rings is 1. The lowest BCUT2D eigenvalue weighted by atomic mass is 10.2. The summed E-state index contributed by atoms with van der Waals surface area (Å²) < 4.78 is 5.07. The maximum Gasteiger partial charge on any atom is 0.306 e. The van der Waals surface area contributed by atoms with Crippen molar-refractivity contribution in [3.05, 3.63) is 29.8 Å². The van der Waals surface area contributed by atoms with Crippen molar-refractivity contribution in [1.82, 2.24) is 5.06 Å². The number of rotatable bonds is 4. The van der Waals surface area contributed by atoms with Gasteiger partial charge in [-0.2, -0.15) is 0 Å². The molecule has 0 saturated carbocycles. The molecule has 7 heteroatoms. The fourth-order valence-electron chi connectivity index (χ4n) is 1.75. The van der Waals surface area contributed by atoms with Gasteiger partial charge >= 0.3 is 5.91 Å². The van der Waals surface area contributed by atoms with Gasteiger partial charge in [0.15, 0.2) is 0 Å². The highest BCUT2D eigenvalue weighted by atomic mass is 32.2. The normalized spacial score (nSPS) is 21.3. The van der Waals surface area contributed by atoms with Crippen molar-refractivity contribution in [3.63, 3.8) is 0 Å². The predicted molar refractivity (Wildman–Crippen MR) is 75.8 cm³/mol. The maximum atomic E-state index is 11.9. The number of hydrogen-bond donors (Lipinski definition) is 1. The Bertz CT molecular complexity index is 504. The van der Waals surface area contributed by atoms with Gasteiger partial charge in [0.2, 0.25) is 5.04 Å². The van der Waals surface area contributed by atoms with E-state index in [4.69, 9.17) is 14.8 Å². The van der Waals surface area contributed by atoms with Gasteiger partial charge in [0.1, 0.15) is 12.4 Å². The van der Waals surface area contributed by atoms with Crippen LogP contribution in [0.3, 0.4) is 0 Å². The molecule has 1 heterocycles. The second kappa shape index (κ2) is 6.62. The van der Waals surface area contributed by atoms with Gasteiger partial charge in [0.05, 0.1) is 13.7 Å². The van der Waals surface area contributed by atoms with Crippen molar-refractivity contribution >= 4 is 22.7 Å². The zero-order valence-electron chi connectivity index (χ0n) is 11.3. The molecular formula is C13H16N2O4S. The molecule has 0 radical (unpaired) electrons. The number of thioether (sulfide) groups is 1. The van der Waals surface area contributed by atoms with Crippen LogP contribution in [-0.4, -0.2) is 40.1 Å². The first-order valence-electron chi connectivity index (χ1n) is 6.10. The third kappa shape index (κ3) is 3.43. The summed E-state index contributed by atoms with van der Waals surface area (Å²) in [5, 5.41) is 13.2. The lowest BCUT2D eigenvalue weighted by molar-refractivity contribution is -0.184. The van der Waals surface area contributed by atoms with E-state index in [1.165, 1.54) is 16.8 Å². The molecule has 20 heavy (non-hydrogen) atoms. The van der Waals surface area contributed by atoms with Crippen LogP contribution in [0.5, 0.6) is 5.75 Å². The fraction of sp³-hybridized carbons (Fsp3) is 0.385. The average molecular weight is 296 g/mol. The van der Waals surface area contributed by atoms with Gasteiger partial charge in [0, 0.05) is 5.25 Å². The topological polar surface area (TPSA) is 71.4 Å². The standard InChI is InChI=1S/C13H16N2O4S/c1-9-7-15(13(16)12(14-17)20-9)19-8-10-3-5-11(18-2)6-4-10/h3-6,9,17H,7-8H2,1-2H3. The SMILES string of the molecule is COc1ccc(CON2CC(C)SC(=NO)C2=O)cc1. The van der Waals surface area contributed by atoms with Crippen LogP contribution < -0.4 is 4.74 Å². The highest BCUT2D eigenvalue weighted by Crippen LogP contribution is 2.22. The Kier molecular flexibility index (Phi) is 4.86. The van der Waals surface area contributed by atoms with Crippen LogP contribution >= 0.6 is 11.8 Å². The second-order valence-corrected chi connectivity index (χ2v) is 5.75. The number of methoxy groups -OCH3 is 1. The van der Waals surface area contributed by atoms with Crippen molar-refractivity contribution in [1.29, 1.82) is 0 Å². The Labute approximate surface area is 121 Å². The highest BCUT2D eigenvalue weighted by Gasteiger charge is 2.31. The summed E-state index contributed by atoms with van der Waals surface area (Å²) in [5.41, 5.74) is 0.923. The largest absolute Gasteiger partial charge is 0.497 e. The van der Waals surface area contributed by atoms with E-state index in [-0.39, 0.29) is 16.9 Å². The third-order valence-electron chi connectivity index (χ3n) is 2.78. The molecule has 1 amide bonds. The first-order valence-corrected chi connectivity index (χ1v) is 6.98. The molecule has 0 aliphatic carbocycles. The molecule has 0 spiro atoms. The number of oxime groups is 1. The smallest absolute Gasteiger partial charge is 0.306 e. The molecule has 6 nitrogen and oxygen atoms in total. The van der Waals surface area contributed by atoms with E-state index in [1.807, 2.05) is 31.2 Å². The zero-order chi connectivity index (χ0) is 14.5. The molecule has 1 unspecified atom stereocenters. The molecule has 1 fully saturated rings. The molecular weight excluding hydrogens is 280 g/mol. The Hall–Kier alpha value is -1.73. The van der Waals surface area contributed by atoms with E-state index < -0.39 is 5.91 Å². The van der Waals surface area contributed by atoms with Crippen LogP contribution in [-0.2, 0) is 16.2 Å². The lowest BCUT2D eigenvalue weighted by Gasteiger charge is -2.29. The first-order chi connectivity index (χ1) is 9.63. The number of ether oxygens (including phenoxy) is 1. The van der Waals surface area contributed by atoms with Gasteiger partial charge in [0.25, 0.3) is 0 Å². The molecule has 1 aromatic rings. The Morgan fingerprint density at radius 1 is 1.45 bits per heavy atom. The van der Waals surface area contributed by atoms with Crippen molar-refractivity contribution in [2.24, 2.45) is 5.16 Å². The van der Waals surface area contributed by atoms with Gasteiger partial charge in [-0.15, -0.1) is 0 Å². The van der Waals surface area contributed by atoms with Gasteiger partial charge in [-0.3, -0.25) is 9.63 Å². The summed E-state index contributed by atoms with van der Waals surface area (Å²) in [6.07, 6.45) is 0. The minimum absolute atomic E-state index is 0.0541.